The summed E-state index contributed by atoms with van der Waals surface area (Å²) >= 11 is 11.9. The van der Waals surface area contributed by atoms with Gasteiger partial charge in [-0.1, -0.05) is 23.2 Å². The Morgan fingerprint density at radius 1 is 1.38 bits per heavy atom. The number of benzene rings is 1. The lowest BCUT2D eigenvalue weighted by molar-refractivity contribution is -0.116. The monoisotopic (exact) mass is 260 g/mol. The minimum absolute atomic E-state index is 0.0456. The van der Waals surface area contributed by atoms with Crippen LogP contribution >= 0.6 is 23.2 Å². The predicted octanol–water partition coefficient (Wildman–Crippen LogP) is 2.70. The van der Waals surface area contributed by atoms with Crippen LogP contribution in [-0.4, -0.2) is 20.0 Å². The smallest absolute Gasteiger partial charge is 0.223 e. The lowest BCUT2D eigenvalue weighted by Crippen LogP contribution is -2.25. The zero-order valence-corrected chi connectivity index (χ0v) is 11.0. The van der Waals surface area contributed by atoms with E-state index in [1.165, 1.54) is 6.92 Å². The average molecular weight is 261 g/mol. The fourth-order valence-corrected chi connectivity index (χ4v) is 1.74. The van der Waals surface area contributed by atoms with Gasteiger partial charge in [0, 0.05) is 26.2 Å². The van der Waals surface area contributed by atoms with Crippen LogP contribution < -0.4 is 10.2 Å². The summed E-state index contributed by atoms with van der Waals surface area (Å²) in [5.41, 5.74) is 1.71. The van der Waals surface area contributed by atoms with Crippen LogP contribution in [0.3, 0.4) is 0 Å². The van der Waals surface area contributed by atoms with Crippen LogP contribution in [0.2, 0.25) is 10.0 Å². The Morgan fingerprint density at radius 3 is 2.44 bits per heavy atom. The molecule has 88 valence electrons. The van der Waals surface area contributed by atoms with E-state index in [-0.39, 0.29) is 5.91 Å². The van der Waals surface area contributed by atoms with Crippen molar-refractivity contribution in [3.05, 3.63) is 27.7 Å². The average Bonchev–Trinajstić information content (AvgIpc) is 2.22. The second kappa shape index (κ2) is 5.53. The van der Waals surface area contributed by atoms with Crippen LogP contribution in [0, 0.1) is 0 Å². The Morgan fingerprint density at radius 2 is 1.94 bits per heavy atom. The van der Waals surface area contributed by atoms with Crippen LogP contribution in [-0.2, 0) is 11.3 Å². The lowest BCUT2D eigenvalue weighted by Gasteiger charge is -2.20. The van der Waals surface area contributed by atoms with Gasteiger partial charge in [0.2, 0.25) is 5.91 Å². The van der Waals surface area contributed by atoms with Crippen molar-refractivity contribution in [2.75, 3.05) is 19.0 Å². The molecule has 0 heterocycles. The normalized spacial score (nSPS) is 10.3. The van der Waals surface area contributed by atoms with Crippen molar-refractivity contribution in [1.82, 2.24) is 5.32 Å². The fraction of sp³-hybridized carbons (Fsp3) is 0.364. The maximum Gasteiger partial charge on any atom is 0.223 e. The molecule has 0 saturated heterocycles. The van der Waals surface area contributed by atoms with E-state index in [0.29, 0.717) is 16.6 Å². The van der Waals surface area contributed by atoms with Crippen molar-refractivity contribution in [2.45, 2.75) is 13.5 Å². The molecule has 16 heavy (non-hydrogen) atoms. The first-order valence-electron chi connectivity index (χ1n) is 4.84. The van der Waals surface area contributed by atoms with Gasteiger partial charge in [-0.25, -0.2) is 0 Å². The summed E-state index contributed by atoms with van der Waals surface area (Å²) in [4.78, 5) is 12.9. The molecule has 0 aliphatic heterocycles. The van der Waals surface area contributed by atoms with Crippen molar-refractivity contribution < 1.29 is 4.79 Å². The number of carbonyl (C=O) groups excluding carboxylic acids is 1. The Bertz CT molecular complexity index is 407. The second-order valence-corrected chi connectivity index (χ2v) is 4.32. The number of carbonyl (C=O) groups is 1. The molecule has 1 aromatic carbocycles. The maximum absolute atomic E-state index is 11.3. The third-order valence-corrected chi connectivity index (χ3v) is 3.04. The van der Waals surface area contributed by atoms with Crippen molar-refractivity contribution in [1.29, 1.82) is 0 Å². The Labute approximate surface area is 105 Å². The van der Waals surface area contributed by atoms with Gasteiger partial charge in [0.25, 0.3) is 0 Å². The fourth-order valence-electron chi connectivity index (χ4n) is 1.39. The van der Waals surface area contributed by atoms with E-state index < -0.39 is 0 Å². The van der Waals surface area contributed by atoms with Gasteiger partial charge in [-0.15, -0.1) is 0 Å². The van der Waals surface area contributed by atoms with E-state index in [0.717, 1.165) is 11.3 Å². The predicted molar refractivity (Wildman–Crippen MR) is 68.3 cm³/mol. The van der Waals surface area contributed by atoms with E-state index in [1.807, 2.05) is 7.05 Å². The molecule has 0 aliphatic rings. The highest BCUT2D eigenvalue weighted by Crippen LogP contribution is 2.31. The number of hydrogen-bond donors (Lipinski definition) is 1. The minimum atomic E-state index is -0.0456. The highest BCUT2D eigenvalue weighted by atomic mass is 35.5. The second-order valence-electron chi connectivity index (χ2n) is 3.50. The molecule has 5 heteroatoms. The summed E-state index contributed by atoms with van der Waals surface area (Å²) in [7, 11) is 3.54. The molecule has 0 unspecified atom stereocenters. The summed E-state index contributed by atoms with van der Waals surface area (Å²) in [5.74, 6) is -0.0456. The molecule has 0 aromatic heterocycles. The molecule has 3 nitrogen and oxygen atoms in total. The Balaban J connectivity index is 3.23. The molecule has 0 aliphatic carbocycles. The first-order valence-corrected chi connectivity index (χ1v) is 5.59. The molecule has 1 amide bonds. The first kappa shape index (κ1) is 13.3. The third-order valence-electron chi connectivity index (χ3n) is 2.32. The third kappa shape index (κ3) is 2.88. The number of amides is 1. The zero-order chi connectivity index (χ0) is 12.3. The largest absolute Gasteiger partial charge is 0.316 e. The number of anilines is 1. The van der Waals surface area contributed by atoms with Gasteiger partial charge in [-0.05, 0) is 24.7 Å². The molecule has 1 rings (SSSR count). The molecule has 0 radical (unpaired) electrons. The van der Waals surface area contributed by atoms with Crippen LogP contribution in [0.25, 0.3) is 0 Å². The topological polar surface area (TPSA) is 32.3 Å². The molecule has 1 aromatic rings. The standard InChI is InChI=1S/C11H14Cl2N2O/c1-7(16)15(3)11-5-10(13)9(12)4-8(11)6-14-2/h4-5,14H,6H2,1-3H3. The Hall–Kier alpha value is -0.770. The quantitative estimate of drug-likeness (QED) is 0.907. The van der Waals surface area contributed by atoms with Crippen LogP contribution in [0.15, 0.2) is 12.1 Å². The van der Waals surface area contributed by atoms with E-state index in [1.54, 1.807) is 24.1 Å². The molecular weight excluding hydrogens is 247 g/mol. The molecule has 0 fully saturated rings. The number of nitrogens with one attached hydrogen (secondary N) is 1. The van der Waals surface area contributed by atoms with Gasteiger partial charge < -0.3 is 10.2 Å². The van der Waals surface area contributed by atoms with Crippen molar-refractivity contribution in [3.63, 3.8) is 0 Å². The highest BCUT2D eigenvalue weighted by molar-refractivity contribution is 6.42. The molecular formula is C11H14Cl2N2O. The summed E-state index contributed by atoms with van der Waals surface area (Å²) in [6.07, 6.45) is 0. The van der Waals surface area contributed by atoms with Crippen molar-refractivity contribution in [2.24, 2.45) is 0 Å². The van der Waals surface area contributed by atoms with Gasteiger partial charge in [0.05, 0.1) is 10.0 Å². The first-order chi connectivity index (χ1) is 7.47. The number of rotatable bonds is 3. The van der Waals surface area contributed by atoms with Gasteiger partial charge >= 0.3 is 0 Å². The zero-order valence-electron chi connectivity index (χ0n) is 9.47. The van der Waals surface area contributed by atoms with E-state index in [4.69, 9.17) is 23.2 Å². The maximum atomic E-state index is 11.3. The lowest BCUT2D eigenvalue weighted by atomic mass is 10.1. The van der Waals surface area contributed by atoms with Gasteiger partial charge in [-0.2, -0.15) is 0 Å². The van der Waals surface area contributed by atoms with Gasteiger partial charge in [0.1, 0.15) is 0 Å². The summed E-state index contributed by atoms with van der Waals surface area (Å²) < 4.78 is 0. The molecule has 0 spiro atoms. The SMILES string of the molecule is CNCc1cc(Cl)c(Cl)cc1N(C)C(C)=O. The van der Waals surface area contributed by atoms with Crippen molar-refractivity contribution in [3.8, 4) is 0 Å². The van der Waals surface area contributed by atoms with E-state index >= 15 is 0 Å². The Kier molecular flexibility index (Phi) is 4.59. The summed E-state index contributed by atoms with van der Waals surface area (Å²) in [5, 5.41) is 3.97. The minimum Gasteiger partial charge on any atom is -0.316 e. The number of nitrogens with zero attached hydrogens (tertiary/aromatic N) is 1. The van der Waals surface area contributed by atoms with Gasteiger partial charge in [-0.3, -0.25) is 4.79 Å². The summed E-state index contributed by atoms with van der Waals surface area (Å²) in [6.45, 7) is 2.13. The highest BCUT2D eigenvalue weighted by Gasteiger charge is 2.13. The van der Waals surface area contributed by atoms with Crippen LogP contribution in [0.5, 0.6) is 0 Å². The molecule has 1 N–H and O–H groups in total. The summed E-state index contributed by atoms with van der Waals surface area (Å²) in [6, 6.07) is 3.48. The van der Waals surface area contributed by atoms with Crippen molar-refractivity contribution >= 4 is 34.8 Å². The van der Waals surface area contributed by atoms with Gasteiger partial charge in [0.15, 0.2) is 0 Å². The number of halogens is 2. The molecule has 0 saturated carbocycles. The van der Waals surface area contributed by atoms with Crippen LogP contribution in [0.4, 0.5) is 5.69 Å². The molecule has 0 atom stereocenters. The number of hydrogen-bond acceptors (Lipinski definition) is 2. The molecule has 0 bridgehead atoms. The van der Waals surface area contributed by atoms with E-state index in [2.05, 4.69) is 5.32 Å². The van der Waals surface area contributed by atoms with E-state index in [9.17, 15) is 4.79 Å². The van der Waals surface area contributed by atoms with Crippen LogP contribution in [0.1, 0.15) is 12.5 Å².